The number of rotatable bonds is 9. The SMILES string of the molecule is O=C(O)CN1/C=C\N(CC(=O)O)CCN(Cc2cccc(C(=O)O)c2)CCN(CC(=O)O)CC1. The molecule has 0 saturated heterocycles. The average Bonchev–Trinajstić information content (AvgIpc) is 2.74. The van der Waals surface area contributed by atoms with Crippen LogP contribution in [0.3, 0.4) is 0 Å². The van der Waals surface area contributed by atoms with Crippen molar-refractivity contribution in [1.82, 2.24) is 19.6 Å². The number of hydrogen-bond acceptors (Lipinski definition) is 8. The van der Waals surface area contributed by atoms with E-state index in [4.69, 9.17) is 0 Å². The second kappa shape index (κ2) is 13.2. The molecule has 0 aliphatic carbocycles. The molecule has 1 aliphatic heterocycles. The molecule has 0 atom stereocenters. The topological polar surface area (TPSA) is 162 Å². The van der Waals surface area contributed by atoms with Gasteiger partial charge in [0, 0.05) is 58.2 Å². The molecule has 0 saturated carbocycles. The molecule has 12 nitrogen and oxygen atoms in total. The first-order valence-electron chi connectivity index (χ1n) is 10.7. The van der Waals surface area contributed by atoms with E-state index in [1.165, 1.54) is 23.4 Å². The van der Waals surface area contributed by atoms with Crippen LogP contribution < -0.4 is 0 Å². The summed E-state index contributed by atoms with van der Waals surface area (Å²) in [5, 5.41) is 36.9. The molecule has 1 aromatic carbocycles. The van der Waals surface area contributed by atoms with Crippen molar-refractivity contribution in [2.24, 2.45) is 0 Å². The number of hydrogen-bond donors (Lipinski definition) is 4. The van der Waals surface area contributed by atoms with E-state index in [0.717, 1.165) is 5.56 Å². The summed E-state index contributed by atoms with van der Waals surface area (Å²) in [4.78, 5) is 51.9. The maximum Gasteiger partial charge on any atom is 0.335 e. The fourth-order valence-electron chi connectivity index (χ4n) is 3.56. The predicted molar refractivity (Wildman–Crippen MR) is 120 cm³/mol. The highest BCUT2D eigenvalue weighted by atomic mass is 16.4. The molecule has 2 rings (SSSR count). The zero-order valence-corrected chi connectivity index (χ0v) is 18.7. The Balaban J connectivity index is 2.25. The fraction of sp³-hybridized carbons (Fsp3) is 0.455. The normalized spacial score (nSPS) is 17.4. The minimum atomic E-state index is -1.05. The first-order chi connectivity index (χ1) is 16.1. The largest absolute Gasteiger partial charge is 0.480 e. The van der Waals surface area contributed by atoms with Gasteiger partial charge in [0.25, 0.3) is 0 Å². The van der Waals surface area contributed by atoms with E-state index < -0.39 is 23.9 Å². The minimum absolute atomic E-state index is 0.160. The Hall–Kier alpha value is -3.64. The number of benzene rings is 1. The summed E-state index contributed by atoms with van der Waals surface area (Å²) in [6, 6.07) is 6.53. The van der Waals surface area contributed by atoms with Crippen LogP contribution >= 0.6 is 0 Å². The second-order valence-corrected chi connectivity index (χ2v) is 7.98. The van der Waals surface area contributed by atoms with Gasteiger partial charge >= 0.3 is 23.9 Å². The van der Waals surface area contributed by atoms with Crippen LogP contribution in [0, 0.1) is 0 Å². The standard InChI is InChI=1S/C22H30N4O8/c27-19(28)14-24-6-4-23(13-17-2-1-3-18(12-17)22(33)34)5-7-25(15-20(29)30)9-11-26(10-8-24)16-21(31)32/h1-3,8,10,12H,4-7,9,11,13-16H2,(H,27,28)(H,29,30)(H,31,32)(H,33,34)/b10-8-. The lowest BCUT2D eigenvalue weighted by Crippen LogP contribution is -2.44. The molecule has 0 amide bonds. The molecule has 0 bridgehead atoms. The van der Waals surface area contributed by atoms with E-state index in [1.807, 2.05) is 4.90 Å². The summed E-state index contributed by atoms with van der Waals surface area (Å²) in [5.41, 5.74) is 0.929. The van der Waals surface area contributed by atoms with Gasteiger partial charge in [0.1, 0.15) is 13.1 Å². The van der Waals surface area contributed by atoms with Crippen molar-refractivity contribution in [2.45, 2.75) is 6.54 Å². The quantitative estimate of drug-likeness (QED) is 0.371. The average molecular weight is 479 g/mol. The fourth-order valence-corrected chi connectivity index (χ4v) is 3.56. The van der Waals surface area contributed by atoms with Crippen LogP contribution in [-0.2, 0) is 20.9 Å². The number of carboxylic acid groups (broad SMARTS) is 4. The lowest BCUT2D eigenvalue weighted by molar-refractivity contribution is -0.139. The van der Waals surface area contributed by atoms with Gasteiger partial charge in [0.2, 0.25) is 0 Å². The first-order valence-corrected chi connectivity index (χ1v) is 10.7. The Bertz CT molecular complexity index is 907. The Labute approximate surface area is 196 Å². The monoisotopic (exact) mass is 478 g/mol. The number of nitrogens with zero attached hydrogens (tertiary/aromatic N) is 4. The summed E-state index contributed by atoms with van der Waals surface area (Å²) in [6.07, 6.45) is 3.04. The first kappa shape index (κ1) is 26.6. The van der Waals surface area contributed by atoms with Crippen molar-refractivity contribution in [2.75, 3.05) is 58.9 Å². The van der Waals surface area contributed by atoms with Crippen LogP contribution in [0.4, 0.5) is 0 Å². The lowest BCUT2D eigenvalue weighted by Gasteiger charge is -2.31. The Morgan fingerprint density at radius 2 is 1.18 bits per heavy atom. The van der Waals surface area contributed by atoms with Gasteiger partial charge in [-0.25, -0.2) is 4.79 Å². The molecule has 186 valence electrons. The van der Waals surface area contributed by atoms with Crippen LogP contribution in [0.1, 0.15) is 15.9 Å². The maximum atomic E-state index is 11.3. The van der Waals surface area contributed by atoms with Crippen molar-refractivity contribution < 1.29 is 39.6 Å². The van der Waals surface area contributed by atoms with E-state index >= 15 is 0 Å². The number of aliphatic carboxylic acids is 3. The second-order valence-electron chi connectivity index (χ2n) is 7.98. The van der Waals surface area contributed by atoms with Crippen molar-refractivity contribution in [1.29, 1.82) is 0 Å². The molecule has 34 heavy (non-hydrogen) atoms. The van der Waals surface area contributed by atoms with Gasteiger partial charge in [0.15, 0.2) is 0 Å². The summed E-state index contributed by atoms with van der Waals surface area (Å²) < 4.78 is 0. The Kier molecular flexibility index (Phi) is 10.3. The zero-order valence-electron chi connectivity index (χ0n) is 18.7. The minimum Gasteiger partial charge on any atom is -0.480 e. The van der Waals surface area contributed by atoms with Crippen LogP contribution in [0.15, 0.2) is 36.7 Å². The van der Waals surface area contributed by atoms with Gasteiger partial charge in [0.05, 0.1) is 12.1 Å². The number of carbonyl (C=O) groups is 4. The van der Waals surface area contributed by atoms with Crippen LogP contribution in [0.25, 0.3) is 0 Å². The zero-order chi connectivity index (χ0) is 25.1. The van der Waals surface area contributed by atoms with Crippen molar-refractivity contribution >= 4 is 23.9 Å². The maximum absolute atomic E-state index is 11.3. The molecule has 0 unspecified atom stereocenters. The molecule has 12 heteroatoms. The van der Waals surface area contributed by atoms with Gasteiger partial charge in [-0.2, -0.15) is 0 Å². The smallest absolute Gasteiger partial charge is 0.335 e. The summed E-state index contributed by atoms with van der Waals surface area (Å²) >= 11 is 0. The highest BCUT2D eigenvalue weighted by Crippen LogP contribution is 2.10. The third kappa shape index (κ3) is 9.88. The molecule has 1 aliphatic rings. The molecule has 4 N–H and O–H groups in total. The van der Waals surface area contributed by atoms with E-state index in [1.54, 1.807) is 28.0 Å². The van der Waals surface area contributed by atoms with Crippen molar-refractivity contribution in [3.05, 3.63) is 47.8 Å². The van der Waals surface area contributed by atoms with E-state index in [2.05, 4.69) is 0 Å². The van der Waals surface area contributed by atoms with E-state index in [9.17, 15) is 39.6 Å². The van der Waals surface area contributed by atoms with E-state index in [0.29, 0.717) is 39.3 Å². The van der Waals surface area contributed by atoms with Gasteiger partial charge in [-0.05, 0) is 17.7 Å². The molecule has 0 fully saturated rings. The van der Waals surface area contributed by atoms with Crippen molar-refractivity contribution in [3.63, 3.8) is 0 Å². The van der Waals surface area contributed by atoms with Gasteiger partial charge in [-0.3, -0.25) is 24.2 Å². The molecular formula is C22H30N4O8. The molecule has 1 aromatic rings. The summed E-state index contributed by atoms with van der Waals surface area (Å²) in [7, 11) is 0. The van der Waals surface area contributed by atoms with Crippen LogP contribution in [0.2, 0.25) is 0 Å². The molecule has 0 spiro atoms. The Morgan fingerprint density at radius 3 is 1.71 bits per heavy atom. The van der Waals surface area contributed by atoms with Crippen LogP contribution in [-0.4, -0.2) is 123 Å². The third-order valence-corrected chi connectivity index (χ3v) is 5.24. The predicted octanol–water partition coefficient (Wildman–Crippen LogP) is -0.169. The molecule has 0 radical (unpaired) electrons. The number of carboxylic acids is 4. The lowest BCUT2D eigenvalue weighted by atomic mass is 10.1. The molecule has 1 heterocycles. The van der Waals surface area contributed by atoms with E-state index in [-0.39, 0.29) is 31.7 Å². The highest BCUT2D eigenvalue weighted by molar-refractivity contribution is 5.87. The van der Waals surface area contributed by atoms with Crippen LogP contribution in [0.5, 0.6) is 0 Å². The summed E-state index contributed by atoms with van der Waals surface area (Å²) in [6.45, 7) is 1.74. The van der Waals surface area contributed by atoms with Gasteiger partial charge in [-0.15, -0.1) is 0 Å². The third-order valence-electron chi connectivity index (χ3n) is 5.24. The molecule has 0 aromatic heterocycles. The Morgan fingerprint density at radius 1 is 0.676 bits per heavy atom. The number of aromatic carboxylic acids is 1. The summed E-state index contributed by atoms with van der Waals surface area (Å²) in [5.74, 6) is -4.12. The van der Waals surface area contributed by atoms with Crippen molar-refractivity contribution in [3.8, 4) is 0 Å². The van der Waals surface area contributed by atoms with Gasteiger partial charge < -0.3 is 30.2 Å². The highest BCUT2D eigenvalue weighted by Gasteiger charge is 2.17. The van der Waals surface area contributed by atoms with Gasteiger partial charge in [-0.1, -0.05) is 12.1 Å². The molecular weight excluding hydrogens is 448 g/mol.